The van der Waals surface area contributed by atoms with E-state index < -0.39 is 12.4 Å². The molecule has 150 valence electrons. The molecule has 29 heavy (non-hydrogen) atoms. The van der Waals surface area contributed by atoms with Gasteiger partial charge < -0.3 is 9.30 Å². The molecule has 0 aliphatic carbocycles. The molecule has 0 fully saturated rings. The fourth-order valence-corrected chi connectivity index (χ4v) is 3.75. The third-order valence-electron chi connectivity index (χ3n) is 4.38. The quantitative estimate of drug-likeness (QED) is 0.533. The van der Waals surface area contributed by atoms with Crippen molar-refractivity contribution < 1.29 is 22.7 Å². The fraction of sp³-hybridized carbons (Fsp3) is 0.158. The molecule has 0 bridgehead atoms. The number of carbonyl (C=O) groups excluding carboxylic acids is 1. The Morgan fingerprint density at radius 1 is 1.07 bits per heavy atom. The van der Waals surface area contributed by atoms with Crippen molar-refractivity contribution in [1.82, 2.24) is 9.55 Å². The van der Waals surface area contributed by atoms with Crippen LogP contribution >= 0.6 is 23.2 Å². The number of alkyl halides is 3. The summed E-state index contributed by atoms with van der Waals surface area (Å²) in [6.45, 7) is 0. The van der Waals surface area contributed by atoms with Crippen molar-refractivity contribution in [3.63, 3.8) is 0 Å². The summed E-state index contributed by atoms with van der Waals surface area (Å²) in [5.41, 5.74) is 1.15. The number of aromatic nitrogens is 2. The Morgan fingerprint density at radius 2 is 1.72 bits per heavy atom. The van der Waals surface area contributed by atoms with Gasteiger partial charge in [-0.15, -0.1) is 13.2 Å². The third kappa shape index (κ3) is 4.04. The lowest BCUT2D eigenvalue weighted by Crippen LogP contribution is -2.26. The molecule has 2 aromatic carbocycles. The second-order valence-corrected chi connectivity index (χ2v) is 7.22. The molecule has 5 nitrogen and oxygen atoms in total. The van der Waals surface area contributed by atoms with E-state index in [1.54, 1.807) is 35.2 Å². The Kier molecular flexibility index (Phi) is 4.92. The molecule has 1 aliphatic rings. The Hall–Kier alpha value is -2.71. The maximum Gasteiger partial charge on any atom is 0.573 e. The van der Waals surface area contributed by atoms with Crippen LogP contribution in [0.2, 0.25) is 10.0 Å². The molecular weight excluding hydrogens is 430 g/mol. The van der Waals surface area contributed by atoms with E-state index in [2.05, 4.69) is 9.72 Å². The van der Waals surface area contributed by atoms with Gasteiger partial charge in [0.2, 0.25) is 5.95 Å². The Labute approximate surface area is 173 Å². The molecule has 1 atom stereocenters. The van der Waals surface area contributed by atoms with Crippen molar-refractivity contribution in [2.45, 2.75) is 18.8 Å². The van der Waals surface area contributed by atoms with E-state index in [0.717, 1.165) is 0 Å². The number of rotatable bonds is 4. The number of hydrogen-bond donors (Lipinski definition) is 0. The summed E-state index contributed by atoms with van der Waals surface area (Å²) in [6.07, 6.45) is -1.26. The number of anilines is 2. The molecule has 0 spiro atoms. The van der Waals surface area contributed by atoms with Crippen molar-refractivity contribution in [2.75, 3.05) is 4.90 Å². The second-order valence-electron chi connectivity index (χ2n) is 6.35. The molecule has 1 aromatic heterocycles. The number of fused-ring (bicyclic) bond motifs is 1. The first-order valence-electron chi connectivity index (χ1n) is 8.39. The summed E-state index contributed by atoms with van der Waals surface area (Å²) in [6, 6.07) is 9.57. The van der Waals surface area contributed by atoms with E-state index in [-0.39, 0.29) is 18.1 Å². The van der Waals surface area contributed by atoms with Crippen LogP contribution in [0.5, 0.6) is 5.75 Å². The Morgan fingerprint density at radius 3 is 2.34 bits per heavy atom. The molecule has 1 aliphatic heterocycles. The summed E-state index contributed by atoms with van der Waals surface area (Å²) in [5, 5.41) is 0.754. The number of halogens is 5. The van der Waals surface area contributed by atoms with Crippen LogP contribution in [0.3, 0.4) is 0 Å². The first kappa shape index (κ1) is 19.6. The lowest BCUT2D eigenvalue weighted by atomic mass is 10.1. The predicted molar refractivity (Wildman–Crippen MR) is 102 cm³/mol. The summed E-state index contributed by atoms with van der Waals surface area (Å²) in [5.74, 6) is -0.157. The largest absolute Gasteiger partial charge is 0.573 e. The van der Waals surface area contributed by atoms with Gasteiger partial charge >= 0.3 is 6.36 Å². The molecule has 0 N–H and O–H groups in total. The number of benzene rings is 2. The molecule has 0 radical (unpaired) electrons. The van der Waals surface area contributed by atoms with Gasteiger partial charge in [0.05, 0.1) is 5.69 Å². The van der Waals surface area contributed by atoms with Gasteiger partial charge in [-0.25, -0.2) is 9.88 Å². The Bertz CT molecular complexity index is 1050. The van der Waals surface area contributed by atoms with Gasteiger partial charge in [0.15, 0.2) is 0 Å². The topological polar surface area (TPSA) is 47.4 Å². The number of imidazole rings is 1. The van der Waals surface area contributed by atoms with Gasteiger partial charge in [-0.2, -0.15) is 0 Å². The number of hydrogen-bond acceptors (Lipinski definition) is 3. The van der Waals surface area contributed by atoms with Crippen molar-refractivity contribution in [2.24, 2.45) is 0 Å². The lowest BCUT2D eigenvalue weighted by Gasteiger charge is -2.16. The molecule has 4 rings (SSSR count). The van der Waals surface area contributed by atoms with Crippen molar-refractivity contribution >= 4 is 40.7 Å². The summed E-state index contributed by atoms with van der Waals surface area (Å²) in [4.78, 5) is 18.8. The van der Waals surface area contributed by atoms with Crippen molar-refractivity contribution in [3.8, 4) is 5.75 Å². The van der Waals surface area contributed by atoms with Gasteiger partial charge in [-0.3, -0.25) is 4.79 Å². The van der Waals surface area contributed by atoms with Gasteiger partial charge in [0.1, 0.15) is 11.8 Å². The zero-order valence-corrected chi connectivity index (χ0v) is 16.0. The van der Waals surface area contributed by atoms with Gasteiger partial charge in [-0.05, 0) is 35.9 Å². The van der Waals surface area contributed by atoms with Crippen LogP contribution in [0.25, 0.3) is 0 Å². The molecule has 2 heterocycles. The zero-order valence-electron chi connectivity index (χ0n) is 14.5. The highest BCUT2D eigenvalue weighted by Crippen LogP contribution is 2.39. The van der Waals surface area contributed by atoms with Crippen LogP contribution in [-0.2, 0) is 11.2 Å². The molecular formula is C19H12Cl2F3N3O2. The van der Waals surface area contributed by atoms with Gasteiger partial charge in [0.25, 0.3) is 5.91 Å². The average Bonchev–Trinajstić information content (AvgIpc) is 3.16. The highest BCUT2D eigenvalue weighted by molar-refractivity contribution is 6.35. The van der Waals surface area contributed by atoms with E-state index in [1.807, 2.05) is 0 Å². The standard InChI is InChI=1S/C19H12Cl2F3N3O2/c20-12-8-13(21)10-14(9-12)27-17(28)16(26-6-5-25-18(26)27)7-11-1-3-15(4-2-11)29-19(22,23)24/h1-6,8-10,16H,7H2/t16-/m1/s1. The minimum absolute atomic E-state index is 0.248. The van der Waals surface area contributed by atoms with Crippen LogP contribution in [0, 0.1) is 0 Å². The van der Waals surface area contributed by atoms with Crippen molar-refractivity contribution in [3.05, 3.63) is 70.5 Å². The maximum absolute atomic E-state index is 13.1. The van der Waals surface area contributed by atoms with E-state index in [4.69, 9.17) is 23.2 Å². The fourth-order valence-electron chi connectivity index (χ4n) is 3.24. The summed E-state index contributed by atoms with van der Waals surface area (Å²) < 4.78 is 42.5. The minimum Gasteiger partial charge on any atom is -0.406 e. The van der Waals surface area contributed by atoms with Gasteiger partial charge in [0, 0.05) is 28.9 Å². The van der Waals surface area contributed by atoms with Crippen LogP contribution < -0.4 is 9.64 Å². The highest BCUT2D eigenvalue weighted by Gasteiger charge is 2.39. The molecule has 1 amide bonds. The van der Waals surface area contributed by atoms with E-state index in [9.17, 15) is 18.0 Å². The molecule has 3 aromatic rings. The zero-order chi connectivity index (χ0) is 20.8. The molecule has 10 heteroatoms. The average molecular weight is 442 g/mol. The first-order chi connectivity index (χ1) is 13.7. The molecule has 0 saturated heterocycles. The van der Waals surface area contributed by atoms with Gasteiger partial charge in [-0.1, -0.05) is 35.3 Å². The Balaban J connectivity index is 1.60. The minimum atomic E-state index is -4.76. The van der Waals surface area contributed by atoms with Crippen LogP contribution in [-0.4, -0.2) is 21.8 Å². The lowest BCUT2D eigenvalue weighted by molar-refractivity contribution is -0.274. The number of amides is 1. The predicted octanol–water partition coefficient (Wildman–Crippen LogP) is 5.55. The smallest absolute Gasteiger partial charge is 0.406 e. The normalized spacial score (nSPS) is 16.2. The van der Waals surface area contributed by atoms with Crippen LogP contribution in [0.15, 0.2) is 54.9 Å². The summed E-state index contributed by atoms with van der Waals surface area (Å²) in [7, 11) is 0. The van der Waals surface area contributed by atoms with Crippen LogP contribution in [0.1, 0.15) is 11.6 Å². The number of carbonyl (C=O) groups is 1. The second kappa shape index (κ2) is 7.27. The molecule has 0 saturated carbocycles. The highest BCUT2D eigenvalue weighted by atomic mass is 35.5. The van der Waals surface area contributed by atoms with Crippen LogP contribution in [0.4, 0.5) is 24.8 Å². The third-order valence-corrected chi connectivity index (χ3v) is 4.82. The van der Waals surface area contributed by atoms with E-state index in [1.165, 1.54) is 29.2 Å². The monoisotopic (exact) mass is 441 g/mol. The number of nitrogens with zero attached hydrogens (tertiary/aromatic N) is 3. The van der Waals surface area contributed by atoms with Crippen molar-refractivity contribution in [1.29, 1.82) is 0 Å². The SMILES string of the molecule is O=C1[C@@H](Cc2ccc(OC(F)(F)F)cc2)n2ccnc2N1c1cc(Cl)cc(Cl)c1. The number of ether oxygens (including phenoxy) is 1. The maximum atomic E-state index is 13.1. The van der Waals surface area contributed by atoms with E-state index >= 15 is 0 Å². The molecule has 0 unspecified atom stereocenters. The van der Waals surface area contributed by atoms with E-state index in [0.29, 0.717) is 27.2 Å². The first-order valence-corrected chi connectivity index (χ1v) is 9.14. The summed E-state index contributed by atoms with van der Waals surface area (Å²) >= 11 is 12.1.